The van der Waals surface area contributed by atoms with E-state index >= 15 is 0 Å². The lowest BCUT2D eigenvalue weighted by atomic mass is 10.3. The fourth-order valence-electron chi connectivity index (χ4n) is 1.09. The molecule has 0 aromatic carbocycles. The molecule has 0 saturated carbocycles. The maximum absolute atomic E-state index is 11.6. The fourth-order valence-corrected chi connectivity index (χ4v) is 1.09. The first-order valence-corrected chi connectivity index (χ1v) is 4.34. The van der Waals surface area contributed by atoms with Gasteiger partial charge in [0, 0.05) is 5.69 Å². The molecule has 15 heavy (non-hydrogen) atoms. The van der Waals surface area contributed by atoms with Crippen molar-refractivity contribution >= 4 is 11.6 Å². The summed E-state index contributed by atoms with van der Waals surface area (Å²) in [6, 6.07) is 1.67. The zero-order valence-corrected chi connectivity index (χ0v) is 8.06. The van der Waals surface area contributed by atoms with E-state index < -0.39 is 0 Å². The van der Waals surface area contributed by atoms with Gasteiger partial charge in [-0.15, -0.1) is 0 Å². The summed E-state index contributed by atoms with van der Waals surface area (Å²) >= 11 is 0. The van der Waals surface area contributed by atoms with Crippen LogP contribution in [0.5, 0.6) is 0 Å². The van der Waals surface area contributed by atoms with Crippen molar-refractivity contribution in [2.24, 2.45) is 0 Å². The van der Waals surface area contributed by atoms with Crippen LogP contribution < -0.4 is 5.32 Å². The highest BCUT2D eigenvalue weighted by Gasteiger charge is 2.09. The van der Waals surface area contributed by atoms with Gasteiger partial charge in [-0.2, -0.15) is 5.10 Å². The molecule has 0 bridgehead atoms. The molecule has 0 radical (unpaired) electrons. The number of aromatic amines is 1. The summed E-state index contributed by atoms with van der Waals surface area (Å²) in [6.45, 7) is 1.83. The minimum absolute atomic E-state index is 0.283. The van der Waals surface area contributed by atoms with Gasteiger partial charge in [0.15, 0.2) is 5.69 Å². The van der Waals surface area contributed by atoms with Crippen molar-refractivity contribution in [2.45, 2.75) is 6.92 Å². The van der Waals surface area contributed by atoms with E-state index in [4.69, 9.17) is 0 Å². The second-order valence-corrected chi connectivity index (χ2v) is 3.02. The minimum Gasteiger partial charge on any atom is -0.318 e. The number of aromatic nitrogens is 4. The van der Waals surface area contributed by atoms with Crippen molar-refractivity contribution in [1.29, 1.82) is 0 Å². The number of nitrogens with zero attached hydrogens (tertiary/aromatic N) is 3. The van der Waals surface area contributed by atoms with Crippen molar-refractivity contribution in [1.82, 2.24) is 20.2 Å². The number of nitrogens with one attached hydrogen (secondary N) is 2. The zero-order valence-electron chi connectivity index (χ0n) is 8.06. The molecule has 0 aliphatic heterocycles. The molecule has 0 fully saturated rings. The Morgan fingerprint density at radius 3 is 2.73 bits per heavy atom. The lowest BCUT2D eigenvalue weighted by molar-refractivity contribution is 0.102. The smallest absolute Gasteiger partial charge is 0.276 e. The summed E-state index contributed by atoms with van der Waals surface area (Å²) in [7, 11) is 0. The standard InChI is InChI=1S/C9H9N5O/c1-6-2-8(14-13-6)9(15)12-7-3-10-5-11-4-7/h2-5H,1H3,(H,12,15)(H,13,14). The van der Waals surface area contributed by atoms with E-state index in [1.807, 2.05) is 6.92 Å². The molecule has 6 nitrogen and oxygen atoms in total. The SMILES string of the molecule is Cc1cc(C(=O)Nc2cncnc2)n[nH]1. The first-order chi connectivity index (χ1) is 7.25. The number of anilines is 1. The predicted molar refractivity (Wildman–Crippen MR) is 53.3 cm³/mol. The van der Waals surface area contributed by atoms with Crippen LogP contribution in [0.4, 0.5) is 5.69 Å². The Hall–Kier alpha value is -2.24. The average Bonchev–Trinajstić information content (AvgIpc) is 2.66. The van der Waals surface area contributed by atoms with Crippen LogP contribution in [0.1, 0.15) is 16.2 Å². The molecule has 0 aliphatic rings. The lowest BCUT2D eigenvalue weighted by Gasteiger charge is -1.99. The van der Waals surface area contributed by atoms with Crippen molar-refractivity contribution < 1.29 is 4.79 Å². The van der Waals surface area contributed by atoms with Gasteiger partial charge >= 0.3 is 0 Å². The molecule has 6 heteroatoms. The normalized spacial score (nSPS) is 9.93. The second kappa shape index (κ2) is 3.87. The molecule has 2 heterocycles. The Morgan fingerprint density at radius 1 is 1.40 bits per heavy atom. The lowest BCUT2D eigenvalue weighted by Crippen LogP contribution is -2.12. The molecule has 2 rings (SSSR count). The highest BCUT2D eigenvalue weighted by molar-refractivity contribution is 6.02. The van der Waals surface area contributed by atoms with E-state index in [1.54, 1.807) is 6.07 Å². The summed E-state index contributed by atoms with van der Waals surface area (Å²) in [5.74, 6) is -0.283. The van der Waals surface area contributed by atoms with Gasteiger partial charge in [0.1, 0.15) is 6.33 Å². The topological polar surface area (TPSA) is 83.6 Å². The van der Waals surface area contributed by atoms with E-state index in [1.165, 1.54) is 18.7 Å². The van der Waals surface area contributed by atoms with Gasteiger partial charge in [0.25, 0.3) is 5.91 Å². The van der Waals surface area contributed by atoms with E-state index in [0.29, 0.717) is 11.4 Å². The Kier molecular flexibility index (Phi) is 2.40. The molecule has 2 N–H and O–H groups in total. The molecule has 0 unspecified atom stereocenters. The van der Waals surface area contributed by atoms with Gasteiger partial charge in [-0.3, -0.25) is 9.89 Å². The number of aryl methyl sites for hydroxylation is 1. The fraction of sp³-hybridized carbons (Fsp3) is 0.111. The van der Waals surface area contributed by atoms with E-state index in [-0.39, 0.29) is 5.91 Å². The summed E-state index contributed by atoms with van der Waals surface area (Å²) in [5.41, 5.74) is 1.73. The molecule has 1 amide bonds. The largest absolute Gasteiger partial charge is 0.318 e. The molecule has 2 aromatic heterocycles. The number of carbonyl (C=O) groups excluding carboxylic acids is 1. The van der Waals surface area contributed by atoms with Crippen molar-refractivity contribution in [3.05, 3.63) is 36.2 Å². The van der Waals surface area contributed by atoms with Crippen LogP contribution in [0.3, 0.4) is 0 Å². The highest BCUT2D eigenvalue weighted by Crippen LogP contribution is 2.04. The van der Waals surface area contributed by atoms with Crippen molar-refractivity contribution in [3.63, 3.8) is 0 Å². The Labute approximate surface area is 85.8 Å². The van der Waals surface area contributed by atoms with E-state index in [0.717, 1.165) is 5.69 Å². The van der Waals surface area contributed by atoms with Gasteiger partial charge in [-0.25, -0.2) is 9.97 Å². The number of hydrogen-bond acceptors (Lipinski definition) is 4. The summed E-state index contributed by atoms with van der Waals surface area (Å²) in [5, 5.41) is 9.15. The first-order valence-electron chi connectivity index (χ1n) is 4.34. The molecule has 76 valence electrons. The average molecular weight is 203 g/mol. The summed E-state index contributed by atoms with van der Waals surface area (Å²) in [4.78, 5) is 19.1. The van der Waals surface area contributed by atoms with Crippen LogP contribution in [0.15, 0.2) is 24.8 Å². The third-order valence-corrected chi connectivity index (χ3v) is 1.76. The molecule has 0 spiro atoms. The Balaban J connectivity index is 2.11. The quantitative estimate of drug-likeness (QED) is 0.754. The molecular formula is C9H9N5O. The minimum atomic E-state index is -0.283. The van der Waals surface area contributed by atoms with Crippen LogP contribution >= 0.6 is 0 Å². The third-order valence-electron chi connectivity index (χ3n) is 1.76. The van der Waals surface area contributed by atoms with Crippen molar-refractivity contribution in [2.75, 3.05) is 5.32 Å². The summed E-state index contributed by atoms with van der Waals surface area (Å²) in [6.07, 6.45) is 4.43. The molecule has 0 atom stereocenters. The van der Waals surface area contributed by atoms with E-state index in [2.05, 4.69) is 25.5 Å². The van der Waals surface area contributed by atoms with Gasteiger partial charge in [0.2, 0.25) is 0 Å². The third kappa shape index (κ3) is 2.16. The van der Waals surface area contributed by atoms with Gasteiger partial charge < -0.3 is 5.32 Å². The number of hydrogen-bond donors (Lipinski definition) is 2. The number of amides is 1. The molecule has 0 aliphatic carbocycles. The zero-order chi connectivity index (χ0) is 10.7. The number of rotatable bonds is 2. The van der Waals surface area contributed by atoms with Crippen LogP contribution in [0, 0.1) is 6.92 Å². The van der Waals surface area contributed by atoms with Gasteiger partial charge in [0.05, 0.1) is 18.1 Å². The Bertz CT molecular complexity index is 464. The van der Waals surface area contributed by atoms with Crippen molar-refractivity contribution in [3.8, 4) is 0 Å². The first kappa shape index (κ1) is 9.32. The second-order valence-electron chi connectivity index (χ2n) is 3.02. The van der Waals surface area contributed by atoms with Gasteiger partial charge in [-0.05, 0) is 13.0 Å². The Morgan fingerprint density at radius 2 is 2.13 bits per heavy atom. The monoisotopic (exact) mass is 203 g/mol. The van der Waals surface area contributed by atoms with Crippen LogP contribution in [-0.4, -0.2) is 26.1 Å². The van der Waals surface area contributed by atoms with Crippen LogP contribution in [0.2, 0.25) is 0 Å². The maximum Gasteiger partial charge on any atom is 0.276 e. The maximum atomic E-state index is 11.6. The molecular weight excluding hydrogens is 194 g/mol. The van der Waals surface area contributed by atoms with Gasteiger partial charge in [-0.1, -0.05) is 0 Å². The van der Waals surface area contributed by atoms with Crippen LogP contribution in [0.25, 0.3) is 0 Å². The number of H-pyrrole nitrogens is 1. The highest BCUT2D eigenvalue weighted by atomic mass is 16.1. The molecule has 2 aromatic rings. The van der Waals surface area contributed by atoms with E-state index in [9.17, 15) is 4.79 Å². The predicted octanol–water partition coefficient (Wildman–Crippen LogP) is 0.760. The number of carbonyl (C=O) groups is 1. The molecule has 0 saturated heterocycles. The van der Waals surface area contributed by atoms with Crippen LogP contribution in [-0.2, 0) is 0 Å². The summed E-state index contributed by atoms with van der Waals surface area (Å²) < 4.78 is 0.